The number of hydrogen-bond acceptors (Lipinski definition) is 6. The molecule has 1 aliphatic rings. The monoisotopic (exact) mass is 296 g/mol. The molecule has 1 aromatic rings. The Bertz CT molecular complexity index is 514. The maximum atomic E-state index is 11.2. The summed E-state index contributed by atoms with van der Waals surface area (Å²) in [6, 6.07) is 4.70. The molecule has 1 fully saturated rings. The van der Waals surface area contributed by atoms with E-state index in [9.17, 15) is 15.2 Å². The van der Waals surface area contributed by atoms with Crippen molar-refractivity contribution in [2.24, 2.45) is 0 Å². The minimum atomic E-state index is -0.874. The van der Waals surface area contributed by atoms with Crippen LogP contribution in [0, 0.1) is 10.1 Å². The van der Waals surface area contributed by atoms with Crippen LogP contribution in [0.3, 0.4) is 0 Å². The van der Waals surface area contributed by atoms with Crippen LogP contribution in [-0.4, -0.2) is 49.5 Å². The van der Waals surface area contributed by atoms with Gasteiger partial charge in [0, 0.05) is 39.6 Å². The van der Waals surface area contributed by atoms with Gasteiger partial charge in [-0.25, -0.2) is 0 Å². The molecule has 116 valence electrons. The molecule has 1 aliphatic heterocycles. The van der Waals surface area contributed by atoms with Crippen LogP contribution >= 0.6 is 0 Å². The molecule has 0 unspecified atom stereocenters. The zero-order valence-corrected chi connectivity index (χ0v) is 12.2. The lowest BCUT2D eigenvalue weighted by Crippen LogP contribution is -2.45. The van der Waals surface area contributed by atoms with E-state index < -0.39 is 10.5 Å². The molecule has 7 nitrogen and oxygen atoms in total. The molecule has 1 N–H and O–H groups in total. The molecular formula is C14H20N2O5. The highest BCUT2D eigenvalue weighted by atomic mass is 16.6. The highest BCUT2D eigenvalue weighted by molar-refractivity contribution is 5.65. The number of rotatable bonds is 5. The van der Waals surface area contributed by atoms with Crippen molar-refractivity contribution in [3.05, 3.63) is 28.3 Å². The largest absolute Gasteiger partial charge is 0.496 e. The van der Waals surface area contributed by atoms with Gasteiger partial charge in [0.05, 0.1) is 23.7 Å². The minimum absolute atomic E-state index is 0.0347. The Morgan fingerprint density at radius 2 is 2.14 bits per heavy atom. The first-order chi connectivity index (χ1) is 9.95. The van der Waals surface area contributed by atoms with E-state index in [1.54, 1.807) is 24.1 Å². The average molecular weight is 296 g/mol. The van der Waals surface area contributed by atoms with Crippen molar-refractivity contribution in [2.75, 3.05) is 38.8 Å². The summed E-state index contributed by atoms with van der Waals surface area (Å²) in [4.78, 5) is 12.5. The quantitative estimate of drug-likeness (QED) is 0.656. The van der Waals surface area contributed by atoms with Crippen LogP contribution in [0.4, 0.5) is 11.4 Å². The summed E-state index contributed by atoms with van der Waals surface area (Å²) in [5.74, 6) is 0.434. The number of nitro benzene ring substituents is 1. The first kappa shape index (κ1) is 15.5. The van der Waals surface area contributed by atoms with Crippen LogP contribution in [-0.2, 0) is 4.74 Å². The Labute approximate surface area is 123 Å². The summed E-state index contributed by atoms with van der Waals surface area (Å²) in [5, 5.41) is 21.7. The van der Waals surface area contributed by atoms with Gasteiger partial charge < -0.3 is 19.5 Å². The van der Waals surface area contributed by atoms with Crippen LogP contribution in [0.15, 0.2) is 18.2 Å². The van der Waals surface area contributed by atoms with Gasteiger partial charge >= 0.3 is 0 Å². The van der Waals surface area contributed by atoms with Gasteiger partial charge in [0.15, 0.2) is 0 Å². The van der Waals surface area contributed by atoms with Gasteiger partial charge in [0.1, 0.15) is 11.4 Å². The van der Waals surface area contributed by atoms with Gasteiger partial charge in [-0.05, 0) is 12.1 Å². The number of methoxy groups -OCH3 is 1. The lowest BCUT2D eigenvalue weighted by molar-refractivity contribution is -0.384. The summed E-state index contributed by atoms with van der Waals surface area (Å²) in [6.45, 7) is 1.34. The maximum absolute atomic E-state index is 11.2. The SMILES string of the molecule is COc1ccc(N(C)CC2(O)CCOCC2)c([N+](=O)[O-])c1. The molecule has 0 aliphatic carbocycles. The van der Waals surface area contributed by atoms with Gasteiger partial charge in [-0.2, -0.15) is 0 Å². The van der Waals surface area contributed by atoms with E-state index in [2.05, 4.69) is 0 Å². The first-order valence-corrected chi connectivity index (χ1v) is 6.79. The summed E-state index contributed by atoms with van der Waals surface area (Å²) in [7, 11) is 3.20. The predicted molar refractivity (Wildman–Crippen MR) is 77.9 cm³/mol. The van der Waals surface area contributed by atoms with Crippen LogP contribution in [0.5, 0.6) is 5.75 Å². The highest BCUT2D eigenvalue weighted by Gasteiger charge is 2.32. The second kappa shape index (κ2) is 6.28. The Kier molecular flexibility index (Phi) is 4.64. The average Bonchev–Trinajstić information content (AvgIpc) is 2.46. The van der Waals surface area contributed by atoms with Crippen LogP contribution in [0.25, 0.3) is 0 Å². The van der Waals surface area contributed by atoms with E-state index in [0.717, 1.165) is 0 Å². The van der Waals surface area contributed by atoms with E-state index in [-0.39, 0.29) is 5.69 Å². The zero-order chi connectivity index (χ0) is 15.5. The number of benzene rings is 1. The number of nitrogens with zero attached hydrogens (tertiary/aromatic N) is 2. The number of aliphatic hydroxyl groups is 1. The summed E-state index contributed by atoms with van der Waals surface area (Å²) < 4.78 is 10.3. The zero-order valence-electron chi connectivity index (χ0n) is 12.2. The fourth-order valence-electron chi connectivity index (χ4n) is 2.54. The first-order valence-electron chi connectivity index (χ1n) is 6.79. The standard InChI is InChI=1S/C14H20N2O5/c1-15(10-14(17)5-7-21-8-6-14)12-4-3-11(20-2)9-13(12)16(18)19/h3-4,9,17H,5-8,10H2,1-2H3. The topological polar surface area (TPSA) is 85.1 Å². The molecule has 0 aromatic heterocycles. The lowest BCUT2D eigenvalue weighted by atomic mass is 9.93. The molecule has 0 bridgehead atoms. The van der Waals surface area contributed by atoms with Crippen LogP contribution in [0.2, 0.25) is 0 Å². The van der Waals surface area contributed by atoms with Gasteiger partial charge in [-0.1, -0.05) is 0 Å². The molecule has 7 heteroatoms. The number of hydrogen-bond donors (Lipinski definition) is 1. The van der Waals surface area contributed by atoms with E-state index in [0.29, 0.717) is 44.0 Å². The second-order valence-corrected chi connectivity index (χ2v) is 5.30. The highest BCUT2D eigenvalue weighted by Crippen LogP contribution is 2.33. The molecule has 2 rings (SSSR count). The Hall–Kier alpha value is -1.86. The van der Waals surface area contributed by atoms with E-state index in [1.165, 1.54) is 13.2 Å². The summed E-state index contributed by atoms with van der Waals surface area (Å²) in [5.41, 5.74) is -0.450. The van der Waals surface area contributed by atoms with Gasteiger partial charge in [0.2, 0.25) is 0 Å². The molecular weight excluding hydrogens is 276 g/mol. The van der Waals surface area contributed by atoms with Gasteiger partial charge in [-0.15, -0.1) is 0 Å². The van der Waals surface area contributed by atoms with Gasteiger partial charge in [0.25, 0.3) is 5.69 Å². The molecule has 0 amide bonds. The van der Waals surface area contributed by atoms with Gasteiger partial charge in [-0.3, -0.25) is 10.1 Å². The summed E-state index contributed by atoms with van der Waals surface area (Å²) >= 11 is 0. The number of ether oxygens (including phenoxy) is 2. The molecule has 0 atom stereocenters. The summed E-state index contributed by atoms with van der Waals surface area (Å²) in [6.07, 6.45) is 1.06. The molecule has 1 heterocycles. The molecule has 0 saturated carbocycles. The Morgan fingerprint density at radius 3 is 2.71 bits per heavy atom. The third-order valence-corrected chi connectivity index (χ3v) is 3.75. The maximum Gasteiger partial charge on any atom is 0.296 e. The fourth-order valence-corrected chi connectivity index (χ4v) is 2.54. The Balaban J connectivity index is 2.21. The van der Waals surface area contributed by atoms with Crippen molar-refractivity contribution in [2.45, 2.75) is 18.4 Å². The predicted octanol–water partition coefficient (Wildman–Crippen LogP) is 1.58. The Morgan fingerprint density at radius 1 is 1.48 bits per heavy atom. The van der Waals surface area contributed by atoms with Crippen LogP contribution < -0.4 is 9.64 Å². The molecule has 21 heavy (non-hydrogen) atoms. The molecule has 1 saturated heterocycles. The molecule has 0 radical (unpaired) electrons. The number of anilines is 1. The number of likely N-dealkylation sites (N-methyl/N-ethyl adjacent to an activating group) is 1. The smallest absolute Gasteiger partial charge is 0.296 e. The van der Waals surface area contributed by atoms with Crippen molar-refractivity contribution in [3.8, 4) is 5.75 Å². The van der Waals surface area contributed by atoms with Crippen molar-refractivity contribution < 1.29 is 19.5 Å². The van der Waals surface area contributed by atoms with Crippen LogP contribution in [0.1, 0.15) is 12.8 Å². The fraction of sp³-hybridized carbons (Fsp3) is 0.571. The van der Waals surface area contributed by atoms with E-state index >= 15 is 0 Å². The second-order valence-electron chi connectivity index (χ2n) is 5.30. The minimum Gasteiger partial charge on any atom is -0.496 e. The third-order valence-electron chi connectivity index (χ3n) is 3.75. The third kappa shape index (κ3) is 3.62. The van der Waals surface area contributed by atoms with E-state index in [1.807, 2.05) is 0 Å². The molecule has 1 aromatic carbocycles. The van der Waals surface area contributed by atoms with Crippen molar-refractivity contribution >= 4 is 11.4 Å². The number of nitro groups is 1. The molecule has 0 spiro atoms. The van der Waals surface area contributed by atoms with Crippen molar-refractivity contribution in [1.29, 1.82) is 0 Å². The normalized spacial score (nSPS) is 17.3. The lowest BCUT2D eigenvalue weighted by Gasteiger charge is -2.36. The van der Waals surface area contributed by atoms with E-state index in [4.69, 9.17) is 9.47 Å². The van der Waals surface area contributed by atoms with Crippen molar-refractivity contribution in [3.63, 3.8) is 0 Å². The van der Waals surface area contributed by atoms with Crippen molar-refractivity contribution in [1.82, 2.24) is 0 Å².